The largest absolute Gasteiger partial charge is 0.144 e. The fraction of sp³-hybridized carbons (Fsp3) is 0.0909. The van der Waals surface area contributed by atoms with Crippen molar-refractivity contribution in [3.8, 4) is 0 Å². The minimum absolute atomic E-state index is 1.05. The highest BCUT2D eigenvalue weighted by Crippen LogP contribution is 2.24. The maximum atomic E-state index is 2.19. The minimum Gasteiger partial charge on any atom is -0.144 e. The van der Waals surface area contributed by atoms with Crippen LogP contribution in [0.15, 0.2) is 47.9 Å². The first-order valence-corrected chi connectivity index (χ1v) is 4.91. The van der Waals surface area contributed by atoms with Gasteiger partial charge in [0.2, 0.25) is 0 Å². The molecule has 0 N–H and O–H groups in total. The molecule has 0 saturated carbocycles. The lowest BCUT2D eigenvalue weighted by molar-refractivity contribution is 1.43. The lowest BCUT2D eigenvalue weighted by Gasteiger charge is -1.97. The second-order valence-corrected chi connectivity index (χ2v) is 3.63. The molecule has 1 heterocycles. The van der Waals surface area contributed by atoms with Gasteiger partial charge in [-0.05, 0) is 23.4 Å². The van der Waals surface area contributed by atoms with Gasteiger partial charge in [-0.15, -0.1) is 11.3 Å². The van der Waals surface area contributed by atoms with Gasteiger partial charge in [-0.3, -0.25) is 0 Å². The number of thiophene rings is 1. The van der Waals surface area contributed by atoms with Crippen molar-refractivity contribution in [2.75, 3.05) is 0 Å². The van der Waals surface area contributed by atoms with Crippen molar-refractivity contribution in [3.63, 3.8) is 0 Å². The average molecular weight is 174 g/mol. The van der Waals surface area contributed by atoms with Crippen molar-refractivity contribution in [1.82, 2.24) is 0 Å². The van der Waals surface area contributed by atoms with E-state index in [-0.39, 0.29) is 0 Å². The van der Waals surface area contributed by atoms with E-state index >= 15 is 0 Å². The Hall–Kier alpha value is -1.08. The second-order valence-electron chi connectivity index (χ2n) is 2.69. The molecule has 1 aromatic rings. The monoisotopic (exact) mass is 174 g/mol. The van der Waals surface area contributed by atoms with E-state index in [1.165, 1.54) is 10.5 Å². The third-order valence-electron chi connectivity index (χ3n) is 1.83. The normalized spacial score (nSPS) is 15.8. The molecule has 0 bridgehead atoms. The van der Waals surface area contributed by atoms with Gasteiger partial charge in [-0.1, -0.05) is 36.4 Å². The van der Waals surface area contributed by atoms with Crippen LogP contribution in [0, 0.1) is 0 Å². The van der Waals surface area contributed by atoms with E-state index in [0.29, 0.717) is 0 Å². The van der Waals surface area contributed by atoms with Crippen LogP contribution >= 0.6 is 11.3 Å². The summed E-state index contributed by atoms with van der Waals surface area (Å²) in [5.74, 6) is 0. The average Bonchev–Trinajstić information content (AvgIpc) is 2.48. The van der Waals surface area contributed by atoms with Crippen LogP contribution in [0.25, 0.3) is 5.57 Å². The first kappa shape index (κ1) is 7.56. The van der Waals surface area contributed by atoms with Gasteiger partial charge in [0.15, 0.2) is 0 Å². The van der Waals surface area contributed by atoms with Gasteiger partial charge in [0.05, 0.1) is 0 Å². The summed E-state index contributed by atoms with van der Waals surface area (Å²) in [6.07, 6.45) is 11.7. The zero-order valence-electron chi connectivity index (χ0n) is 6.73. The third-order valence-corrected chi connectivity index (χ3v) is 2.78. The predicted molar refractivity (Wildman–Crippen MR) is 55.2 cm³/mol. The van der Waals surface area contributed by atoms with Gasteiger partial charge in [-0.2, -0.15) is 0 Å². The van der Waals surface area contributed by atoms with Crippen LogP contribution in [-0.4, -0.2) is 0 Å². The Bertz CT molecular complexity index is 326. The highest BCUT2D eigenvalue weighted by molar-refractivity contribution is 7.11. The molecule has 2 rings (SSSR count). The van der Waals surface area contributed by atoms with E-state index < -0.39 is 0 Å². The molecule has 0 spiro atoms. The summed E-state index contributed by atoms with van der Waals surface area (Å²) in [5, 5.41) is 2.12. The molecule has 1 aliphatic rings. The van der Waals surface area contributed by atoms with Crippen molar-refractivity contribution in [2.24, 2.45) is 0 Å². The minimum atomic E-state index is 1.05. The van der Waals surface area contributed by atoms with Crippen molar-refractivity contribution in [1.29, 1.82) is 0 Å². The van der Waals surface area contributed by atoms with E-state index in [1.54, 1.807) is 11.3 Å². The Balaban J connectivity index is 2.30. The Morgan fingerprint density at radius 2 is 2.17 bits per heavy atom. The Kier molecular flexibility index (Phi) is 2.23. The van der Waals surface area contributed by atoms with Crippen LogP contribution in [0.2, 0.25) is 0 Å². The topological polar surface area (TPSA) is 0 Å². The van der Waals surface area contributed by atoms with Crippen LogP contribution in [0.3, 0.4) is 0 Å². The highest BCUT2D eigenvalue weighted by atomic mass is 32.1. The van der Waals surface area contributed by atoms with Crippen LogP contribution in [0.5, 0.6) is 0 Å². The summed E-state index contributed by atoms with van der Waals surface area (Å²) < 4.78 is 0. The quantitative estimate of drug-likeness (QED) is 0.609. The molecule has 0 amide bonds. The van der Waals surface area contributed by atoms with Gasteiger partial charge in [0.25, 0.3) is 0 Å². The van der Waals surface area contributed by atoms with Gasteiger partial charge in [-0.25, -0.2) is 0 Å². The molecule has 0 aliphatic heterocycles. The Morgan fingerprint density at radius 1 is 1.17 bits per heavy atom. The van der Waals surface area contributed by atoms with E-state index in [9.17, 15) is 0 Å². The van der Waals surface area contributed by atoms with Crippen molar-refractivity contribution in [2.45, 2.75) is 6.42 Å². The molecule has 0 radical (unpaired) electrons. The van der Waals surface area contributed by atoms with Crippen molar-refractivity contribution < 1.29 is 0 Å². The zero-order valence-corrected chi connectivity index (χ0v) is 7.55. The van der Waals surface area contributed by atoms with E-state index in [1.807, 2.05) is 0 Å². The van der Waals surface area contributed by atoms with Crippen molar-refractivity contribution >= 4 is 16.9 Å². The van der Waals surface area contributed by atoms with E-state index in [0.717, 1.165) is 6.42 Å². The zero-order chi connectivity index (χ0) is 8.23. The molecule has 60 valence electrons. The van der Waals surface area contributed by atoms with Crippen LogP contribution < -0.4 is 0 Å². The molecule has 0 nitrogen and oxygen atoms in total. The molecular formula is C11H10S. The van der Waals surface area contributed by atoms with Gasteiger partial charge in [0, 0.05) is 4.88 Å². The molecule has 1 heteroatoms. The summed E-state index contributed by atoms with van der Waals surface area (Å²) in [6.45, 7) is 0. The predicted octanol–water partition coefficient (Wildman–Crippen LogP) is 3.65. The van der Waals surface area contributed by atoms with Gasteiger partial charge < -0.3 is 0 Å². The second kappa shape index (κ2) is 3.55. The lowest BCUT2D eigenvalue weighted by atomic mass is 10.1. The summed E-state index contributed by atoms with van der Waals surface area (Å²) >= 11 is 1.80. The summed E-state index contributed by atoms with van der Waals surface area (Å²) in [7, 11) is 0. The summed E-state index contributed by atoms with van der Waals surface area (Å²) in [4.78, 5) is 1.38. The Morgan fingerprint density at radius 3 is 3.00 bits per heavy atom. The van der Waals surface area contributed by atoms with Crippen LogP contribution in [-0.2, 0) is 0 Å². The molecule has 0 unspecified atom stereocenters. The van der Waals surface area contributed by atoms with Crippen LogP contribution in [0.4, 0.5) is 0 Å². The van der Waals surface area contributed by atoms with E-state index in [2.05, 4.69) is 47.9 Å². The summed E-state index contributed by atoms with van der Waals surface area (Å²) in [6, 6.07) is 4.27. The lowest BCUT2D eigenvalue weighted by Crippen LogP contribution is -1.74. The molecular weight excluding hydrogens is 164 g/mol. The fourth-order valence-corrected chi connectivity index (χ4v) is 1.99. The molecule has 0 aromatic carbocycles. The first-order valence-electron chi connectivity index (χ1n) is 4.03. The molecule has 1 aliphatic carbocycles. The van der Waals surface area contributed by atoms with Crippen LogP contribution in [0.1, 0.15) is 11.3 Å². The molecule has 1 aromatic heterocycles. The summed E-state index contributed by atoms with van der Waals surface area (Å²) in [5.41, 5.74) is 1.41. The number of allylic oxidation sites excluding steroid dienone is 6. The highest BCUT2D eigenvalue weighted by Gasteiger charge is 1.99. The smallest absolute Gasteiger partial charge is 0.0305 e. The molecule has 0 fully saturated rings. The molecule has 12 heavy (non-hydrogen) atoms. The Labute approximate surface area is 76.6 Å². The molecule has 0 atom stereocenters. The fourth-order valence-electron chi connectivity index (χ4n) is 1.22. The SMILES string of the molecule is C1=CC=C(c2cccs2)CC=C1. The number of hydrogen-bond donors (Lipinski definition) is 0. The molecule has 0 saturated heterocycles. The van der Waals surface area contributed by atoms with E-state index in [4.69, 9.17) is 0 Å². The van der Waals surface area contributed by atoms with Crippen molar-refractivity contribution in [3.05, 3.63) is 52.8 Å². The van der Waals surface area contributed by atoms with Gasteiger partial charge in [0.1, 0.15) is 0 Å². The maximum Gasteiger partial charge on any atom is 0.0305 e. The maximum absolute atomic E-state index is 2.19. The number of rotatable bonds is 1. The first-order chi connectivity index (χ1) is 5.97. The van der Waals surface area contributed by atoms with Gasteiger partial charge >= 0.3 is 0 Å². The third kappa shape index (κ3) is 1.56. The standard InChI is InChI=1S/C11H10S/c1-2-4-7-10(6-3-1)11-8-5-9-12-11/h1-6,8-9H,7H2. The number of hydrogen-bond acceptors (Lipinski definition) is 1.